The maximum atomic E-state index is 5.72. The molecule has 0 radical (unpaired) electrons. The Labute approximate surface area is 121 Å². The predicted molar refractivity (Wildman–Crippen MR) is 82.3 cm³/mol. The molecule has 1 aromatic rings. The minimum atomic E-state index is 0.367. The van der Waals surface area contributed by atoms with E-state index >= 15 is 0 Å². The van der Waals surface area contributed by atoms with E-state index in [1.165, 1.54) is 25.7 Å². The van der Waals surface area contributed by atoms with E-state index in [-0.39, 0.29) is 0 Å². The molecular formula is C14H28N4S. The van der Waals surface area contributed by atoms with Crippen molar-refractivity contribution >= 4 is 11.8 Å². The van der Waals surface area contributed by atoms with Crippen molar-refractivity contribution in [3.8, 4) is 0 Å². The average molecular weight is 284 g/mol. The van der Waals surface area contributed by atoms with Crippen LogP contribution in [0.2, 0.25) is 0 Å². The summed E-state index contributed by atoms with van der Waals surface area (Å²) in [6, 6.07) is 0.367. The Hall–Kier alpha value is -0.550. The van der Waals surface area contributed by atoms with Crippen molar-refractivity contribution in [3.63, 3.8) is 0 Å². The smallest absolute Gasteiger partial charge is 0.191 e. The van der Waals surface area contributed by atoms with Gasteiger partial charge in [0.1, 0.15) is 5.82 Å². The molecule has 0 saturated heterocycles. The van der Waals surface area contributed by atoms with Crippen LogP contribution in [0, 0.1) is 5.92 Å². The summed E-state index contributed by atoms with van der Waals surface area (Å²) < 4.78 is 2.16. The number of nitrogens with zero attached hydrogens (tertiary/aromatic N) is 3. The first-order valence-electron chi connectivity index (χ1n) is 7.40. The van der Waals surface area contributed by atoms with Gasteiger partial charge in [-0.2, -0.15) is 0 Å². The molecule has 0 aliphatic heterocycles. The molecule has 110 valence electrons. The van der Waals surface area contributed by atoms with Crippen molar-refractivity contribution in [1.29, 1.82) is 0 Å². The van der Waals surface area contributed by atoms with Gasteiger partial charge in [-0.1, -0.05) is 44.9 Å². The fourth-order valence-corrected chi connectivity index (χ4v) is 3.50. The molecule has 4 nitrogen and oxygen atoms in total. The fraction of sp³-hybridized carbons (Fsp3) is 0.857. The van der Waals surface area contributed by atoms with E-state index in [2.05, 4.69) is 42.5 Å². The first-order chi connectivity index (χ1) is 9.13. The summed E-state index contributed by atoms with van der Waals surface area (Å²) in [4.78, 5) is 0. The zero-order chi connectivity index (χ0) is 14.3. The van der Waals surface area contributed by atoms with Crippen molar-refractivity contribution in [2.45, 2.75) is 71.1 Å². The van der Waals surface area contributed by atoms with E-state index in [0.29, 0.717) is 12.6 Å². The second-order valence-electron chi connectivity index (χ2n) is 5.29. The molecule has 0 saturated carbocycles. The molecule has 1 heterocycles. The summed E-state index contributed by atoms with van der Waals surface area (Å²) in [7, 11) is 0. The predicted octanol–water partition coefficient (Wildman–Crippen LogP) is 3.63. The van der Waals surface area contributed by atoms with Crippen molar-refractivity contribution in [3.05, 3.63) is 5.82 Å². The number of hydrogen-bond donors (Lipinski definition) is 1. The van der Waals surface area contributed by atoms with Gasteiger partial charge in [-0.25, -0.2) is 0 Å². The zero-order valence-corrected chi connectivity index (χ0v) is 13.5. The molecule has 2 N–H and O–H groups in total. The summed E-state index contributed by atoms with van der Waals surface area (Å²) in [6.45, 7) is 9.29. The van der Waals surface area contributed by atoms with Gasteiger partial charge in [-0.05, 0) is 26.2 Å². The Balaban J connectivity index is 2.63. The molecule has 1 unspecified atom stereocenters. The third-order valence-corrected chi connectivity index (χ3v) is 4.60. The van der Waals surface area contributed by atoms with Gasteiger partial charge in [-0.3, -0.25) is 0 Å². The maximum Gasteiger partial charge on any atom is 0.191 e. The minimum absolute atomic E-state index is 0.367. The highest BCUT2D eigenvalue weighted by Gasteiger charge is 2.15. The van der Waals surface area contributed by atoms with Crippen molar-refractivity contribution in [1.82, 2.24) is 14.8 Å². The molecule has 0 spiro atoms. The lowest BCUT2D eigenvalue weighted by molar-refractivity contribution is 0.495. The molecule has 0 aliphatic carbocycles. The standard InChI is InChI=1S/C14H28N4S/c1-5-7-8-12(6-2)10-19-14-17-16-13(9-15)18(14)11(3)4/h11-12H,5-10,15H2,1-4H3. The quantitative estimate of drug-likeness (QED) is 0.704. The Bertz CT molecular complexity index is 362. The Kier molecular flexibility index (Phi) is 7.46. The third kappa shape index (κ3) is 4.80. The van der Waals surface area contributed by atoms with E-state index in [0.717, 1.165) is 22.7 Å². The van der Waals surface area contributed by atoms with Gasteiger partial charge in [0.25, 0.3) is 0 Å². The maximum absolute atomic E-state index is 5.72. The van der Waals surface area contributed by atoms with Crippen LogP contribution in [-0.2, 0) is 6.54 Å². The third-order valence-electron chi connectivity index (χ3n) is 3.43. The number of thioether (sulfide) groups is 1. The fourth-order valence-electron chi connectivity index (χ4n) is 2.15. The van der Waals surface area contributed by atoms with E-state index in [1.807, 2.05) is 11.8 Å². The Morgan fingerprint density at radius 2 is 2.00 bits per heavy atom. The number of unbranched alkanes of at least 4 members (excludes halogenated alkanes) is 1. The first-order valence-corrected chi connectivity index (χ1v) is 8.39. The van der Waals surface area contributed by atoms with Gasteiger partial charge in [0.2, 0.25) is 0 Å². The molecule has 0 aliphatic rings. The molecule has 1 aromatic heterocycles. The van der Waals surface area contributed by atoms with Gasteiger partial charge in [0.05, 0.1) is 6.54 Å². The molecule has 19 heavy (non-hydrogen) atoms. The number of rotatable bonds is 9. The molecule has 0 aromatic carbocycles. The SMILES string of the molecule is CCCCC(CC)CSc1nnc(CN)n1C(C)C. The van der Waals surface area contributed by atoms with Crippen LogP contribution < -0.4 is 5.73 Å². The monoisotopic (exact) mass is 284 g/mol. The lowest BCUT2D eigenvalue weighted by atomic mass is 10.0. The van der Waals surface area contributed by atoms with Crippen molar-refractivity contribution < 1.29 is 0 Å². The van der Waals surface area contributed by atoms with Gasteiger partial charge in [0.15, 0.2) is 5.16 Å². The van der Waals surface area contributed by atoms with Crippen LogP contribution in [0.3, 0.4) is 0 Å². The lowest BCUT2D eigenvalue weighted by Gasteiger charge is -2.16. The summed E-state index contributed by atoms with van der Waals surface area (Å²) in [5.41, 5.74) is 5.72. The summed E-state index contributed by atoms with van der Waals surface area (Å²) in [6.07, 6.45) is 5.16. The average Bonchev–Trinajstić information content (AvgIpc) is 2.82. The Morgan fingerprint density at radius 3 is 2.53 bits per heavy atom. The highest BCUT2D eigenvalue weighted by atomic mass is 32.2. The van der Waals surface area contributed by atoms with E-state index in [4.69, 9.17) is 5.73 Å². The number of hydrogen-bond acceptors (Lipinski definition) is 4. The van der Waals surface area contributed by atoms with Gasteiger partial charge < -0.3 is 10.3 Å². The molecular weight excluding hydrogens is 256 g/mol. The van der Waals surface area contributed by atoms with Crippen LogP contribution in [0.4, 0.5) is 0 Å². The van der Waals surface area contributed by atoms with E-state index < -0.39 is 0 Å². The van der Waals surface area contributed by atoms with E-state index in [1.54, 1.807) is 0 Å². The number of nitrogens with two attached hydrogens (primary N) is 1. The van der Waals surface area contributed by atoms with Crippen LogP contribution in [0.1, 0.15) is 65.2 Å². The van der Waals surface area contributed by atoms with E-state index in [9.17, 15) is 0 Å². The van der Waals surface area contributed by atoms with Gasteiger partial charge in [-0.15, -0.1) is 10.2 Å². The van der Waals surface area contributed by atoms with Crippen LogP contribution in [0.25, 0.3) is 0 Å². The van der Waals surface area contributed by atoms with Crippen LogP contribution >= 0.6 is 11.8 Å². The zero-order valence-electron chi connectivity index (χ0n) is 12.7. The molecule has 0 fully saturated rings. The topological polar surface area (TPSA) is 56.7 Å². The normalized spacial score (nSPS) is 13.2. The Morgan fingerprint density at radius 1 is 1.26 bits per heavy atom. The molecule has 1 atom stereocenters. The molecule has 5 heteroatoms. The second kappa shape index (κ2) is 8.59. The van der Waals surface area contributed by atoms with Crippen LogP contribution in [-0.4, -0.2) is 20.5 Å². The summed E-state index contributed by atoms with van der Waals surface area (Å²) in [5.74, 6) is 2.80. The molecule has 0 bridgehead atoms. The molecule has 0 amide bonds. The van der Waals surface area contributed by atoms with Gasteiger partial charge in [0, 0.05) is 11.8 Å². The minimum Gasteiger partial charge on any atom is -0.324 e. The highest BCUT2D eigenvalue weighted by molar-refractivity contribution is 7.99. The first kappa shape index (κ1) is 16.5. The second-order valence-corrected chi connectivity index (χ2v) is 6.28. The van der Waals surface area contributed by atoms with Crippen molar-refractivity contribution in [2.75, 3.05) is 5.75 Å². The van der Waals surface area contributed by atoms with Crippen LogP contribution in [0.5, 0.6) is 0 Å². The summed E-state index contributed by atoms with van der Waals surface area (Å²) in [5, 5.41) is 9.50. The van der Waals surface area contributed by atoms with Crippen LogP contribution in [0.15, 0.2) is 5.16 Å². The van der Waals surface area contributed by atoms with Gasteiger partial charge >= 0.3 is 0 Å². The highest BCUT2D eigenvalue weighted by Crippen LogP contribution is 2.26. The summed E-state index contributed by atoms with van der Waals surface area (Å²) >= 11 is 1.83. The van der Waals surface area contributed by atoms with Crippen molar-refractivity contribution in [2.24, 2.45) is 11.7 Å². The largest absolute Gasteiger partial charge is 0.324 e. The molecule has 1 rings (SSSR count). The number of aromatic nitrogens is 3. The lowest BCUT2D eigenvalue weighted by Crippen LogP contribution is -2.12.